The van der Waals surface area contributed by atoms with Crippen LogP contribution in [0.2, 0.25) is 0 Å². The molecule has 0 aliphatic carbocycles. The lowest BCUT2D eigenvalue weighted by Crippen LogP contribution is -2.58. The van der Waals surface area contributed by atoms with Gasteiger partial charge in [0.05, 0.1) is 6.04 Å². The predicted molar refractivity (Wildman–Crippen MR) is 86.9 cm³/mol. The summed E-state index contributed by atoms with van der Waals surface area (Å²) in [7, 11) is 0. The first-order chi connectivity index (χ1) is 10.8. The number of anilines is 1. The molecule has 1 fully saturated rings. The molecule has 124 valence electrons. The van der Waals surface area contributed by atoms with Gasteiger partial charge >= 0.3 is 6.09 Å². The molecular weight excluding hydrogens is 294 g/mol. The van der Waals surface area contributed by atoms with Gasteiger partial charge in [-0.3, -0.25) is 4.79 Å². The molecular formula is C17H23N3O3. The third kappa shape index (κ3) is 3.02. The summed E-state index contributed by atoms with van der Waals surface area (Å²) in [5.41, 5.74) is 1.10. The van der Waals surface area contributed by atoms with Gasteiger partial charge in [-0.25, -0.2) is 9.78 Å². The van der Waals surface area contributed by atoms with Crippen molar-refractivity contribution in [2.24, 2.45) is 0 Å². The molecule has 0 saturated carbocycles. The van der Waals surface area contributed by atoms with Gasteiger partial charge in [-0.15, -0.1) is 0 Å². The Hall–Kier alpha value is -2.11. The van der Waals surface area contributed by atoms with E-state index < -0.39 is 5.60 Å². The van der Waals surface area contributed by atoms with Crippen molar-refractivity contribution in [3.8, 4) is 0 Å². The molecule has 3 rings (SSSR count). The molecule has 6 nitrogen and oxygen atoms in total. The molecule has 2 aliphatic heterocycles. The van der Waals surface area contributed by atoms with Crippen molar-refractivity contribution in [1.29, 1.82) is 0 Å². The third-order valence-corrected chi connectivity index (χ3v) is 4.23. The monoisotopic (exact) mass is 317 g/mol. The molecule has 0 spiro atoms. The Balaban J connectivity index is 1.79. The summed E-state index contributed by atoms with van der Waals surface area (Å²) in [6.45, 7) is 8.92. The number of nitrogens with zero attached hydrogens (tertiary/aromatic N) is 3. The molecule has 1 aromatic heterocycles. The van der Waals surface area contributed by atoms with E-state index in [1.165, 1.54) is 0 Å². The summed E-state index contributed by atoms with van der Waals surface area (Å²) in [4.78, 5) is 31.8. The van der Waals surface area contributed by atoms with E-state index in [9.17, 15) is 9.59 Å². The van der Waals surface area contributed by atoms with Crippen molar-refractivity contribution < 1.29 is 14.3 Å². The van der Waals surface area contributed by atoms with Crippen LogP contribution in [-0.4, -0.2) is 53.0 Å². The highest BCUT2D eigenvalue weighted by Crippen LogP contribution is 2.35. The second-order valence-electron chi connectivity index (χ2n) is 7.34. The van der Waals surface area contributed by atoms with Crippen LogP contribution in [0.4, 0.5) is 10.6 Å². The van der Waals surface area contributed by atoms with E-state index in [-0.39, 0.29) is 18.2 Å². The lowest BCUT2D eigenvalue weighted by atomic mass is 10.1. The Morgan fingerprint density at radius 3 is 2.74 bits per heavy atom. The molecule has 2 atom stereocenters. The number of rotatable bonds is 1. The first-order valence-electron chi connectivity index (χ1n) is 8.00. The van der Waals surface area contributed by atoms with Crippen molar-refractivity contribution in [2.75, 3.05) is 18.0 Å². The van der Waals surface area contributed by atoms with Gasteiger partial charge in [0.1, 0.15) is 17.1 Å². The number of ether oxygens (including phenoxy) is 1. The predicted octanol–water partition coefficient (Wildman–Crippen LogP) is 2.26. The van der Waals surface area contributed by atoms with Crippen molar-refractivity contribution in [3.63, 3.8) is 0 Å². The van der Waals surface area contributed by atoms with E-state index in [0.29, 0.717) is 18.8 Å². The zero-order valence-corrected chi connectivity index (χ0v) is 14.1. The molecule has 0 aromatic carbocycles. The van der Waals surface area contributed by atoms with Crippen LogP contribution in [0.1, 0.15) is 43.7 Å². The zero-order chi connectivity index (χ0) is 16.8. The Kier molecular flexibility index (Phi) is 3.78. The van der Waals surface area contributed by atoms with E-state index >= 15 is 0 Å². The normalized spacial score (nSPS) is 23.3. The van der Waals surface area contributed by atoms with Crippen molar-refractivity contribution in [1.82, 2.24) is 9.88 Å². The fraction of sp³-hybridized carbons (Fsp3) is 0.588. The highest BCUT2D eigenvalue weighted by Gasteiger charge is 2.41. The number of piperazine rings is 1. The Morgan fingerprint density at radius 2 is 2.09 bits per heavy atom. The zero-order valence-electron chi connectivity index (χ0n) is 14.1. The first kappa shape index (κ1) is 15.8. The van der Waals surface area contributed by atoms with Crippen LogP contribution in [0.25, 0.3) is 0 Å². The number of aromatic nitrogens is 1. The molecule has 0 radical (unpaired) electrons. The Morgan fingerprint density at radius 1 is 1.35 bits per heavy atom. The van der Waals surface area contributed by atoms with E-state index in [0.717, 1.165) is 24.1 Å². The molecule has 23 heavy (non-hydrogen) atoms. The summed E-state index contributed by atoms with van der Waals surface area (Å²) >= 11 is 0. The number of carbonyl (C=O) groups is 2. The number of carbonyl (C=O) groups excluding carboxylic acids is 2. The SMILES string of the molecule is C[C@@H]1CN(C(=O)OC(C)(C)C)C[C@H]2Cc3ccc(C=O)nc3N21. The quantitative estimate of drug-likeness (QED) is 0.744. The first-order valence-corrected chi connectivity index (χ1v) is 8.00. The van der Waals surface area contributed by atoms with Crippen molar-refractivity contribution >= 4 is 18.2 Å². The standard InChI is InChI=1S/C17H23N3O3/c1-11-8-19(16(22)23-17(2,3)4)9-14-7-12-5-6-13(10-21)18-15(12)20(11)14/h5-6,10-11,14H,7-9H2,1-4H3/t11-,14-/m1/s1. The lowest BCUT2D eigenvalue weighted by molar-refractivity contribution is 0.0191. The van der Waals surface area contributed by atoms with Crippen molar-refractivity contribution in [3.05, 3.63) is 23.4 Å². The fourth-order valence-electron chi connectivity index (χ4n) is 3.40. The van der Waals surface area contributed by atoms with Crippen molar-refractivity contribution in [2.45, 2.75) is 51.8 Å². The highest BCUT2D eigenvalue weighted by atomic mass is 16.6. The molecule has 6 heteroatoms. The van der Waals surface area contributed by atoms with Gasteiger partial charge in [0.15, 0.2) is 6.29 Å². The second kappa shape index (κ2) is 5.51. The number of fused-ring (bicyclic) bond motifs is 3. The maximum Gasteiger partial charge on any atom is 0.410 e. The average molecular weight is 317 g/mol. The van der Waals surface area contributed by atoms with E-state index in [2.05, 4.69) is 16.8 Å². The van der Waals surface area contributed by atoms with Gasteiger partial charge in [0, 0.05) is 19.1 Å². The molecule has 0 N–H and O–H groups in total. The largest absolute Gasteiger partial charge is 0.444 e. The summed E-state index contributed by atoms with van der Waals surface area (Å²) in [5.74, 6) is 0.885. The minimum Gasteiger partial charge on any atom is -0.444 e. The van der Waals surface area contributed by atoms with Crippen LogP contribution >= 0.6 is 0 Å². The summed E-state index contributed by atoms with van der Waals surface area (Å²) in [6.07, 6.45) is 1.35. The van der Waals surface area contributed by atoms with E-state index in [1.54, 1.807) is 11.0 Å². The minimum atomic E-state index is -0.490. The minimum absolute atomic E-state index is 0.136. The fourth-order valence-corrected chi connectivity index (χ4v) is 3.40. The van der Waals surface area contributed by atoms with Crippen LogP contribution in [-0.2, 0) is 11.2 Å². The van der Waals surface area contributed by atoms with Crippen LogP contribution in [0.3, 0.4) is 0 Å². The molecule has 2 aliphatic rings. The summed E-state index contributed by atoms with van der Waals surface area (Å²) in [6, 6.07) is 4.04. The van der Waals surface area contributed by atoms with Crippen LogP contribution < -0.4 is 4.90 Å². The Labute approximate surface area is 136 Å². The maximum atomic E-state index is 12.3. The van der Waals surface area contributed by atoms with Gasteiger partial charge in [0.25, 0.3) is 0 Å². The van der Waals surface area contributed by atoms with Crippen LogP contribution in [0, 0.1) is 0 Å². The highest BCUT2D eigenvalue weighted by molar-refractivity contribution is 5.74. The number of pyridine rings is 1. The average Bonchev–Trinajstić information content (AvgIpc) is 2.83. The topological polar surface area (TPSA) is 62.7 Å². The van der Waals surface area contributed by atoms with Crippen LogP contribution in [0.5, 0.6) is 0 Å². The third-order valence-electron chi connectivity index (χ3n) is 4.23. The number of amides is 1. The number of hydrogen-bond acceptors (Lipinski definition) is 5. The molecule has 3 heterocycles. The van der Waals surface area contributed by atoms with Gasteiger partial charge in [0.2, 0.25) is 0 Å². The van der Waals surface area contributed by atoms with E-state index in [1.807, 2.05) is 26.8 Å². The van der Waals surface area contributed by atoms with Crippen LogP contribution in [0.15, 0.2) is 12.1 Å². The molecule has 1 saturated heterocycles. The van der Waals surface area contributed by atoms with Gasteiger partial charge < -0.3 is 14.5 Å². The van der Waals surface area contributed by atoms with Gasteiger partial charge in [-0.05, 0) is 45.7 Å². The second-order valence-corrected chi connectivity index (χ2v) is 7.34. The number of hydrogen-bond donors (Lipinski definition) is 0. The molecule has 1 aromatic rings. The van der Waals surface area contributed by atoms with Gasteiger partial charge in [-0.2, -0.15) is 0 Å². The lowest BCUT2D eigenvalue weighted by Gasteiger charge is -2.43. The molecule has 0 bridgehead atoms. The molecule has 0 unspecified atom stereocenters. The van der Waals surface area contributed by atoms with Gasteiger partial charge in [-0.1, -0.05) is 6.07 Å². The summed E-state index contributed by atoms with van der Waals surface area (Å²) < 4.78 is 5.49. The number of aldehydes is 1. The smallest absolute Gasteiger partial charge is 0.410 e. The molecule has 1 amide bonds. The maximum absolute atomic E-state index is 12.3. The van der Waals surface area contributed by atoms with E-state index in [4.69, 9.17) is 4.74 Å². The Bertz CT molecular complexity index is 638. The summed E-state index contributed by atoms with van der Waals surface area (Å²) in [5, 5.41) is 0.